The van der Waals surface area contributed by atoms with Gasteiger partial charge in [-0.3, -0.25) is 9.89 Å². The molecule has 2 N–H and O–H groups in total. The standard InChI is InChI=1S/C17H34N4O.HI/c1-4-18-16(19-14-17(22)10-6-7-11-17)20(3)13-15-9-8-12-21(15)5-2;/h15,22H,4-14H2,1-3H3,(H,18,19);1H. The van der Waals surface area contributed by atoms with Gasteiger partial charge in [0.1, 0.15) is 0 Å². The van der Waals surface area contributed by atoms with Crippen LogP contribution in [0.5, 0.6) is 0 Å². The number of rotatable bonds is 6. The minimum atomic E-state index is -0.565. The Morgan fingerprint density at radius 1 is 1.30 bits per heavy atom. The second-order valence-electron chi connectivity index (χ2n) is 6.91. The van der Waals surface area contributed by atoms with Crippen LogP contribution in [0.4, 0.5) is 0 Å². The lowest BCUT2D eigenvalue weighted by Gasteiger charge is -2.30. The predicted molar refractivity (Wildman–Crippen MR) is 108 cm³/mol. The maximum Gasteiger partial charge on any atom is 0.193 e. The van der Waals surface area contributed by atoms with E-state index >= 15 is 0 Å². The highest BCUT2D eigenvalue weighted by atomic mass is 127. The number of aliphatic imine (C=N–C) groups is 1. The zero-order chi connectivity index (χ0) is 16.0. The molecule has 1 aliphatic carbocycles. The van der Waals surface area contributed by atoms with Gasteiger partial charge in [0.15, 0.2) is 5.96 Å². The van der Waals surface area contributed by atoms with E-state index in [1.165, 1.54) is 19.4 Å². The molecule has 1 saturated heterocycles. The zero-order valence-corrected chi connectivity index (χ0v) is 17.4. The summed E-state index contributed by atoms with van der Waals surface area (Å²) in [5.41, 5.74) is -0.565. The molecule has 2 rings (SSSR count). The summed E-state index contributed by atoms with van der Waals surface area (Å²) in [4.78, 5) is 9.52. The van der Waals surface area contributed by atoms with E-state index in [1.807, 2.05) is 0 Å². The third kappa shape index (κ3) is 6.05. The molecule has 1 atom stereocenters. The van der Waals surface area contributed by atoms with Crippen molar-refractivity contribution in [2.75, 3.05) is 39.8 Å². The van der Waals surface area contributed by atoms with Gasteiger partial charge in [-0.15, -0.1) is 24.0 Å². The van der Waals surface area contributed by atoms with E-state index in [2.05, 4.69) is 36.0 Å². The molecule has 2 fully saturated rings. The Hall–Kier alpha value is -0.0800. The van der Waals surface area contributed by atoms with Crippen molar-refractivity contribution < 1.29 is 5.11 Å². The Morgan fingerprint density at radius 2 is 2.00 bits per heavy atom. The Kier molecular flexibility index (Phi) is 9.15. The van der Waals surface area contributed by atoms with Crippen molar-refractivity contribution in [1.29, 1.82) is 0 Å². The number of guanidine groups is 1. The molecule has 2 aliphatic rings. The number of likely N-dealkylation sites (N-methyl/N-ethyl adjacent to an activating group) is 2. The highest BCUT2D eigenvalue weighted by molar-refractivity contribution is 14.0. The topological polar surface area (TPSA) is 51.1 Å². The van der Waals surface area contributed by atoms with E-state index in [4.69, 9.17) is 4.99 Å². The van der Waals surface area contributed by atoms with Crippen molar-refractivity contribution >= 4 is 29.9 Å². The molecule has 0 radical (unpaired) electrons. The number of nitrogens with one attached hydrogen (secondary N) is 1. The molecule has 0 aromatic carbocycles. The largest absolute Gasteiger partial charge is 0.388 e. The fraction of sp³-hybridized carbons (Fsp3) is 0.941. The summed E-state index contributed by atoms with van der Waals surface area (Å²) in [5.74, 6) is 0.936. The molecule has 0 aromatic heterocycles. The summed E-state index contributed by atoms with van der Waals surface area (Å²) in [5, 5.41) is 13.9. The van der Waals surface area contributed by atoms with Crippen molar-refractivity contribution in [3.8, 4) is 0 Å². The molecule has 1 unspecified atom stereocenters. The van der Waals surface area contributed by atoms with Gasteiger partial charge in [0, 0.05) is 26.2 Å². The summed E-state index contributed by atoms with van der Waals surface area (Å²) in [6, 6.07) is 0.633. The van der Waals surface area contributed by atoms with Gasteiger partial charge in [0.05, 0.1) is 12.1 Å². The van der Waals surface area contributed by atoms with Crippen LogP contribution in [0.15, 0.2) is 4.99 Å². The Morgan fingerprint density at radius 3 is 2.61 bits per heavy atom. The lowest BCUT2D eigenvalue weighted by Crippen LogP contribution is -2.46. The molecule has 0 spiro atoms. The first kappa shape index (κ1) is 21.0. The molecule has 136 valence electrons. The highest BCUT2D eigenvalue weighted by Crippen LogP contribution is 2.29. The Bertz CT molecular complexity index is 372. The third-order valence-corrected chi connectivity index (χ3v) is 5.14. The van der Waals surface area contributed by atoms with Gasteiger partial charge in [0.2, 0.25) is 0 Å². The molecule has 6 heteroatoms. The van der Waals surface area contributed by atoms with E-state index in [1.54, 1.807) is 0 Å². The van der Waals surface area contributed by atoms with Crippen molar-refractivity contribution in [1.82, 2.24) is 15.1 Å². The average molecular weight is 438 g/mol. The fourth-order valence-electron chi connectivity index (χ4n) is 3.80. The lowest BCUT2D eigenvalue weighted by molar-refractivity contribution is 0.0571. The quantitative estimate of drug-likeness (QED) is 0.380. The second-order valence-corrected chi connectivity index (χ2v) is 6.91. The molecular weight excluding hydrogens is 403 g/mol. The summed E-state index contributed by atoms with van der Waals surface area (Å²) in [6.45, 7) is 9.10. The SMILES string of the molecule is CCNC(=NCC1(O)CCCC1)N(C)CC1CCCN1CC.I. The first-order valence-corrected chi connectivity index (χ1v) is 9.04. The predicted octanol–water partition coefficient (Wildman–Crippen LogP) is 2.29. The van der Waals surface area contributed by atoms with E-state index in [-0.39, 0.29) is 24.0 Å². The summed E-state index contributed by atoms with van der Waals surface area (Å²) >= 11 is 0. The molecule has 0 aromatic rings. The number of hydrogen-bond acceptors (Lipinski definition) is 3. The maximum atomic E-state index is 10.5. The number of nitrogens with zero attached hydrogens (tertiary/aromatic N) is 3. The summed E-state index contributed by atoms with van der Waals surface area (Å²) < 4.78 is 0. The Labute approximate surface area is 158 Å². The lowest BCUT2D eigenvalue weighted by atomic mass is 10.0. The molecule has 1 saturated carbocycles. The molecular formula is C17H35IN4O. The van der Waals surface area contributed by atoms with Gasteiger partial charge in [-0.1, -0.05) is 19.8 Å². The van der Waals surface area contributed by atoms with Gasteiger partial charge >= 0.3 is 0 Å². The van der Waals surface area contributed by atoms with Crippen LogP contribution in [0.25, 0.3) is 0 Å². The van der Waals surface area contributed by atoms with Crippen molar-refractivity contribution in [3.05, 3.63) is 0 Å². The fourth-order valence-corrected chi connectivity index (χ4v) is 3.80. The van der Waals surface area contributed by atoms with E-state index < -0.39 is 5.60 Å². The zero-order valence-electron chi connectivity index (χ0n) is 15.1. The Balaban J connectivity index is 0.00000264. The van der Waals surface area contributed by atoms with Gasteiger partial charge in [-0.05, 0) is 45.7 Å². The average Bonchev–Trinajstić information content (AvgIpc) is 3.12. The van der Waals surface area contributed by atoms with Crippen molar-refractivity contribution in [2.45, 2.75) is 64.0 Å². The normalized spacial score (nSPS) is 24.5. The minimum Gasteiger partial charge on any atom is -0.388 e. The van der Waals surface area contributed by atoms with Crippen LogP contribution in [-0.2, 0) is 0 Å². The van der Waals surface area contributed by atoms with E-state index in [0.717, 1.165) is 51.3 Å². The van der Waals surface area contributed by atoms with Crippen LogP contribution < -0.4 is 5.32 Å². The smallest absolute Gasteiger partial charge is 0.193 e. The monoisotopic (exact) mass is 438 g/mol. The highest BCUT2D eigenvalue weighted by Gasteiger charge is 2.31. The molecule has 1 heterocycles. The minimum absolute atomic E-state index is 0. The van der Waals surface area contributed by atoms with Crippen LogP contribution in [0.3, 0.4) is 0 Å². The molecule has 0 bridgehead atoms. The van der Waals surface area contributed by atoms with Crippen LogP contribution >= 0.6 is 24.0 Å². The maximum absolute atomic E-state index is 10.5. The molecule has 1 aliphatic heterocycles. The number of likely N-dealkylation sites (tertiary alicyclic amines) is 1. The van der Waals surface area contributed by atoms with E-state index in [0.29, 0.717) is 12.6 Å². The van der Waals surface area contributed by atoms with Crippen LogP contribution in [-0.4, -0.2) is 72.3 Å². The molecule has 5 nitrogen and oxygen atoms in total. The first-order chi connectivity index (χ1) is 10.6. The van der Waals surface area contributed by atoms with E-state index in [9.17, 15) is 5.11 Å². The van der Waals surface area contributed by atoms with Crippen LogP contribution in [0.1, 0.15) is 52.4 Å². The van der Waals surface area contributed by atoms with Crippen molar-refractivity contribution in [2.24, 2.45) is 4.99 Å². The number of halogens is 1. The van der Waals surface area contributed by atoms with Crippen LogP contribution in [0.2, 0.25) is 0 Å². The van der Waals surface area contributed by atoms with Gasteiger partial charge in [0.25, 0.3) is 0 Å². The molecule has 0 amide bonds. The van der Waals surface area contributed by atoms with Gasteiger partial charge in [-0.2, -0.15) is 0 Å². The first-order valence-electron chi connectivity index (χ1n) is 9.04. The third-order valence-electron chi connectivity index (χ3n) is 5.14. The van der Waals surface area contributed by atoms with Gasteiger partial charge in [-0.25, -0.2) is 0 Å². The number of hydrogen-bond donors (Lipinski definition) is 2. The van der Waals surface area contributed by atoms with Gasteiger partial charge < -0.3 is 15.3 Å². The summed E-state index contributed by atoms with van der Waals surface area (Å²) in [6.07, 6.45) is 6.64. The van der Waals surface area contributed by atoms with Crippen LogP contribution in [0, 0.1) is 0 Å². The second kappa shape index (κ2) is 10.0. The summed E-state index contributed by atoms with van der Waals surface area (Å²) in [7, 11) is 2.12. The molecule has 23 heavy (non-hydrogen) atoms. The number of aliphatic hydroxyl groups is 1. The van der Waals surface area contributed by atoms with Crippen molar-refractivity contribution in [3.63, 3.8) is 0 Å².